The highest BCUT2D eigenvalue weighted by atomic mass is 16.6. The summed E-state index contributed by atoms with van der Waals surface area (Å²) in [4.78, 5) is 33.1. The number of hydrogen-bond acceptors (Lipinski definition) is 6. The van der Waals surface area contributed by atoms with E-state index in [1.165, 1.54) is 25.1 Å². The monoisotopic (exact) mass is 296 g/mol. The van der Waals surface area contributed by atoms with Crippen molar-refractivity contribution in [1.29, 1.82) is 0 Å². The molecule has 8 heteroatoms. The minimum atomic E-state index is -0.813. The van der Waals surface area contributed by atoms with Crippen molar-refractivity contribution in [1.82, 2.24) is 5.32 Å². The van der Waals surface area contributed by atoms with Gasteiger partial charge in [0.25, 0.3) is 5.91 Å². The Morgan fingerprint density at radius 3 is 2.67 bits per heavy atom. The lowest BCUT2D eigenvalue weighted by Gasteiger charge is -2.13. The zero-order valence-electron chi connectivity index (χ0n) is 11.7. The van der Waals surface area contributed by atoms with E-state index in [4.69, 9.17) is 9.47 Å². The molecule has 1 N–H and O–H groups in total. The van der Waals surface area contributed by atoms with Crippen molar-refractivity contribution >= 4 is 17.6 Å². The van der Waals surface area contributed by atoms with E-state index in [0.717, 1.165) is 0 Å². The Balaban J connectivity index is 2.54. The van der Waals surface area contributed by atoms with E-state index in [9.17, 15) is 19.7 Å². The van der Waals surface area contributed by atoms with Gasteiger partial charge < -0.3 is 14.8 Å². The second-order valence-corrected chi connectivity index (χ2v) is 4.05. The molecule has 1 atom stereocenters. The Bertz CT molecular complexity index is 531. The Hall–Kier alpha value is -2.64. The summed E-state index contributed by atoms with van der Waals surface area (Å²) in [5, 5.41) is 13.1. The van der Waals surface area contributed by atoms with Crippen LogP contribution in [0.25, 0.3) is 0 Å². The molecule has 0 aliphatic heterocycles. The zero-order valence-corrected chi connectivity index (χ0v) is 11.7. The van der Waals surface area contributed by atoms with Gasteiger partial charge in [-0.05, 0) is 19.9 Å². The highest BCUT2D eigenvalue weighted by Gasteiger charge is 2.18. The van der Waals surface area contributed by atoms with Gasteiger partial charge in [-0.15, -0.1) is 0 Å². The normalized spacial score (nSPS) is 11.3. The topological polar surface area (TPSA) is 108 Å². The summed E-state index contributed by atoms with van der Waals surface area (Å²) >= 11 is 0. The summed E-state index contributed by atoms with van der Waals surface area (Å²) in [6.45, 7) is 2.91. The third-order valence-corrected chi connectivity index (χ3v) is 2.44. The molecule has 1 aromatic carbocycles. The first kappa shape index (κ1) is 16.4. The number of nitro groups is 1. The molecule has 0 radical (unpaired) electrons. The molecule has 1 rings (SSSR count). The van der Waals surface area contributed by atoms with E-state index in [0.29, 0.717) is 0 Å². The van der Waals surface area contributed by atoms with Crippen molar-refractivity contribution in [2.45, 2.75) is 19.9 Å². The average molecular weight is 296 g/mol. The van der Waals surface area contributed by atoms with Crippen LogP contribution in [0.15, 0.2) is 24.3 Å². The largest absolute Gasteiger partial charge is 0.477 e. The summed E-state index contributed by atoms with van der Waals surface area (Å²) < 4.78 is 9.83. The highest BCUT2D eigenvalue weighted by Crippen LogP contribution is 2.25. The van der Waals surface area contributed by atoms with Crippen LogP contribution in [0, 0.1) is 10.1 Å². The van der Waals surface area contributed by atoms with Gasteiger partial charge in [0.1, 0.15) is 6.04 Å². The first-order valence-electron chi connectivity index (χ1n) is 6.28. The van der Waals surface area contributed by atoms with Crippen LogP contribution >= 0.6 is 0 Å². The van der Waals surface area contributed by atoms with Crippen molar-refractivity contribution in [3.05, 3.63) is 34.4 Å². The predicted octanol–water partition coefficient (Wildman–Crippen LogP) is 1.04. The number of hydrogen-bond donors (Lipinski definition) is 1. The molecular formula is C13H16N2O6. The molecule has 0 fully saturated rings. The predicted molar refractivity (Wildman–Crippen MR) is 72.8 cm³/mol. The van der Waals surface area contributed by atoms with E-state index < -0.39 is 29.4 Å². The average Bonchev–Trinajstić information content (AvgIpc) is 2.45. The maximum atomic E-state index is 11.6. The lowest BCUT2D eigenvalue weighted by molar-refractivity contribution is -0.385. The molecule has 1 aromatic rings. The van der Waals surface area contributed by atoms with Gasteiger partial charge in [-0.1, -0.05) is 12.1 Å². The van der Waals surface area contributed by atoms with Crippen LogP contribution in [0.2, 0.25) is 0 Å². The lowest BCUT2D eigenvalue weighted by Crippen LogP contribution is -2.41. The van der Waals surface area contributed by atoms with Gasteiger partial charge in [-0.2, -0.15) is 0 Å². The van der Waals surface area contributed by atoms with E-state index in [1.807, 2.05) is 0 Å². The van der Waals surface area contributed by atoms with Gasteiger partial charge >= 0.3 is 11.7 Å². The Morgan fingerprint density at radius 1 is 1.38 bits per heavy atom. The number of nitro benzene ring substituents is 1. The van der Waals surface area contributed by atoms with Gasteiger partial charge in [-0.25, -0.2) is 4.79 Å². The number of esters is 1. The van der Waals surface area contributed by atoms with E-state index in [1.54, 1.807) is 13.0 Å². The van der Waals surface area contributed by atoms with Crippen LogP contribution in [-0.2, 0) is 14.3 Å². The van der Waals surface area contributed by atoms with Crippen molar-refractivity contribution < 1.29 is 24.0 Å². The van der Waals surface area contributed by atoms with Gasteiger partial charge in [0.05, 0.1) is 11.5 Å². The fourth-order valence-corrected chi connectivity index (χ4v) is 1.48. The van der Waals surface area contributed by atoms with Crippen LogP contribution in [-0.4, -0.2) is 36.1 Å². The van der Waals surface area contributed by atoms with Crippen molar-refractivity contribution in [2.75, 3.05) is 13.2 Å². The third kappa shape index (κ3) is 5.09. The second kappa shape index (κ2) is 7.83. The number of para-hydroxylation sites is 2. The molecule has 0 aromatic heterocycles. The summed E-state index contributed by atoms with van der Waals surface area (Å²) in [6.07, 6.45) is 0. The molecule has 114 valence electrons. The molecule has 0 saturated carbocycles. The molecule has 0 aliphatic rings. The zero-order chi connectivity index (χ0) is 15.8. The van der Waals surface area contributed by atoms with Crippen molar-refractivity contribution in [3.63, 3.8) is 0 Å². The second-order valence-electron chi connectivity index (χ2n) is 4.05. The van der Waals surface area contributed by atoms with Crippen LogP contribution in [0.1, 0.15) is 13.8 Å². The summed E-state index contributed by atoms with van der Waals surface area (Å²) in [5.74, 6) is -1.15. The standard InChI is InChI=1S/C13H16N2O6/c1-3-20-13(17)9(2)14-12(16)8-21-11-7-5-4-6-10(11)15(18)19/h4-7,9H,3,8H2,1-2H3,(H,14,16). The fraction of sp³-hybridized carbons (Fsp3) is 0.385. The van der Waals surface area contributed by atoms with Crippen LogP contribution in [0.5, 0.6) is 5.75 Å². The number of rotatable bonds is 7. The first-order valence-corrected chi connectivity index (χ1v) is 6.28. The smallest absolute Gasteiger partial charge is 0.328 e. The number of amides is 1. The van der Waals surface area contributed by atoms with Gasteiger partial charge in [0, 0.05) is 6.07 Å². The Labute approximate surface area is 121 Å². The molecule has 0 saturated heterocycles. The minimum absolute atomic E-state index is 0.0126. The summed E-state index contributed by atoms with van der Waals surface area (Å²) in [6, 6.07) is 4.90. The maximum absolute atomic E-state index is 11.6. The molecule has 0 heterocycles. The van der Waals surface area contributed by atoms with Crippen LogP contribution < -0.4 is 10.1 Å². The SMILES string of the molecule is CCOC(=O)C(C)NC(=O)COc1ccccc1[N+](=O)[O-]. The number of carbonyl (C=O) groups excluding carboxylic acids is 2. The van der Waals surface area contributed by atoms with Crippen LogP contribution in [0.4, 0.5) is 5.69 Å². The molecule has 8 nitrogen and oxygen atoms in total. The number of ether oxygens (including phenoxy) is 2. The van der Waals surface area contributed by atoms with Crippen molar-refractivity contribution in [3.8, 4) is 5.75 Å². The number of carbonyl (C=O) groups is 2. The van der Waals surface area contributed by atoms with Gasteiger partial charge in [0.15, 0.2) is 12.4 Å². The van der Waals surface area contributed by atoms with Crippen LogP contribution in [0.3, 0.4) is 0 Å². The first-order chi connectivity index (χ1) is 9.95. The fourth-order valence-electron chi connectivity index (χ4n) is 1.48. The molecule has 21 heavy (non-hydrogen) atoms. The van der Waals surface area contributed by atoms with E-state index >= 15 is 0 Å². The third-order valence-electron chi connectivity index (χ3n) is 2.44. The molecule has 1 unspecified atom stereocenters. The Morgan fingerprint density at radius 2 is 2.05 bits per heavy atom. The highest BCUT2D eigenvalue weighted by molar-refractivity contribution is 5.84. The summed E-state index contributed by atoms with van der Waals surface area (Å²) in [7, 11) is 0. The summed E-state index contributed by atoms with van der Waals surface area (Å²) in [5.41, 5.74) is -0.233. The van der Waals surface area contributed by atoms with Crippen molar-refractivity contribution in [2.24, 2.45) is 0 Å². The van der Waals surface area contributed by atoms with Gasteiger partial charge in [-0.3, -0.25) is 14.9 Å². The Kier molecular flexibility index (Phi) is 6.12. The lowest BCUT2D eigenvalue weighted by atomic mass is 10.3. The molecular weight excluding hydrogens is 280 g/mol. The maximum Gasteiger partial charge on any atom is 0.328 e. The quantitative estimate of drug-likeness (QED) is 0.457. The number of nitrogens with one attached hydrogen (secondary N) is 1. The molecule has 0 spiro atoms. The van der Waals surface area contributed by atoms with E-state index in [-0.39, 0.29) is 18.0 Å². The molecule has 1 amide bonds. The number of nitrogens with zero attached hydrogens (tertiary/aromatic N) is 1. The minimum Gasteiger partial charge on any atom is -0.477 e. The van der Waals surface area contributed by atoms with E-state index in [2.05, 4.69) is 5.32 Å². The molecule has 0 bridgehead atoms. The van der Waals surface area contributed by atoms with Gasteiger partial charge in [0.2, 0.25) is 0 Å². The molecule has 0 aliphatic carbocycles. The number of benzene rings is 1.